The Kier molecular flexibility index (Phi) is 7.60. The van der Waals surface area contributed by atoms with Gasteiger partial charge in [0.25, 0.3) is 11.1 Å². The van der Waals surface area contributed by atoms with Gasteiger partial charge < -0.3 is 9.47 Å². The molecule has 5 nitrogen and oxygen atoms in total. The van der Waals surface area contributed by atoms with Gasteiger partial charge in [-0.25, -0.2) is 0 Å². The third-order valence-corrected chi connectivity index (χ3v) is 6.52. The molecule has 1 saturated heterocycles. The maximum atomic E-state index is 12.9. The minimum absolute atomic E-state index is 0.137. The molecular formula is C27H24ClNO4S. The van der Waals surface area contributed by atoms with Gasteiger partial charge in [0.15, 0.2) is 11.5 Å². The lowest BCUT2D eigenvalue weighted by Crippen LogP contribution is -2.27. The smallest absolute Gasteiger partial charge is 0.293 e. The number of ether oxygens (including phenoxy) is 2. The van der Waals surface area contributed by atoms with E-state index < -0.39 is 0 Å². The van der Waals surface area contributed by atoms with Gasteiger partial charge in [0, 0.05) is 5.02 Å². The molecule has 0 atom stereocenters. The molecule has 4 rings (SSSR count). The van der Waals surface area contributed by atoms with Crippen molar-refractivity contribution >= 4 is 40.6 Å². The summed E-state index contributed by atoms with van der Waals surface area (Å²) in [4.78, 5) is 27.0. The predicted octanol–water partition coefficient (Wildman–Crippen LogP) is 6.86. The van der Waals surface area contributed by atoms with Crippen LogP contribution < -0.4 is 9.47 Å². The lowest BCUT2D eigenvalue weighted by Gasteiger charge is -2.14. The van der Waals surface area contributed by atoms with Gasteiger partial charge in [-0.2, -0.15) is 0 Å². The van der Waals surface area contributed by atoms with Gasteiger partial charge in [-0.15, -0.1) is 0 Å². The van der Waals surface area contributed by atoms with Crippen molar-refractivity contribution < 1.29 is 19.1 Å². The van der Waals surface area contributed by atoms with E-state index in [-0.39, 0.29) is 17.7 Å². The Morgan fingerprint density at radius 2 is 1.74 bits per heavy atom. The SMILES string of the molecule is CCOc1cc(/C=C2\SC(=O)N(Cc3ccccc3Cl)C2=O)ccc1OCc1ccc(C)cc1. The van der Waals surface area contributed by atoms with Crippen LogP contribution in [0.25, 0.3) is 6.08 Å². The molecular weight excluding hydrogens is 470 g/mol. The molecule has 0 saturated carbocycles. The zero-order valence-corrected chi connectivity index (χ0v) is 20.5. The van der Waals surface area contributed by atoms with Gasteiger partial charge >= 0.3 is 0 Å². The van der Waals surface area contributed by atoms with Crippen molar-refractivity contribution in [1.29, 1.82) is 0 Å². The molecule has 0 unspecified atom stereocenters. The summed E-state index contributed by atoms with van der Waals surface area (Å²) in [7, 11) is 0. The number of imide groups is 1. The number of nitrogens with zero attached hydrogens (tertiary/aromatic N) is 1. The van der Waals surface area contributed by atoms with E-state index in [9.17, 15) is 9.59 Å². The number of hydrogen-bond donors (Lipinski definition) is 0. The van der Waals surface area contributed by atoms with Crippen LogP contribution in [0.3, 0.4) is 0 Å². The first kappa shape index (κ1) is 23.9. The number of thioether (sulfide) groups is 1. The lowest BCUT2D eigenvalue weighted by atomic mass is 10.1. The van der Waals surface area contributed by atoms with E-state index in [0.29, 0.717) is 34.6 Å². The van der Waals surface area contributed by atoms with Crippen molar-refractivity contribution in [3.63, 3.8) is 0 Å². The fourth-order valence-corrected chi connectivity index (χ4v) is 4.47. The van der Waals surface area contributed by atoms with Crippen LogP contribution in [-0.2, 0) is 17.9 Å². The average Bonchev–Trinajstić information content (AvgIpc) is 3.08. The first-order valence-corrected chi connectivity index (χ1v) is 12.1. The van der Waals surface area contributed by atoms with Gasteiger partial charge in [-0.1, -0.05) is 65.7 Å². The van der Waals surface area contributed by atoms with Crippen LogP contribution in [0.4, 0.5) is 4.79 Å². The maximum absolute atomic E-state index is 12.9. The molecule has 0 aliphatic carbocycles. The molecule has 0 N–H and O–H groups in total. The molecule has 0 spiro atoms. The van der Waals surface area contributed by atoms with Gasteiger partial charge in [-0.3, -0.25) is 14.5 Å². The molecule has 0 bridgehead atoms. The van der Waals surface area contributed by atoms with Gasteiger partial charge in [-0.05, 0) is 66.6 Å². The topological polar surface area (TPSA) is 55.8 Å². The van der Waals surface area contributed by atoms with Gasteiger partial charge in [0.1, 0.15) is 6.61 Å². The molecule has 1 aliphatic rings. The Bertz CT molecular complexity index is 1240. The number of carbonyl (C=O) groups is 2. The number of rotatable bonds is 8. The zero-order chi connectivity index (χ0) is 24.1. The quantitative estimate of drug-likeness (QED) is 0.321. The van der Waals surface area contributed by atoms with E-state index in [0.717, 1.165) is 28.5 Å². The van der Waals surface area contributed by atoms with Crippen LogP contribution in [0.2, 0.25) is 5.02 Å². The van der Waals surface area contributed by atoms with Crippen LogP contribution in [0.1, 0.15) is 29.2 Å². The molecule has 3 aromatic rings. The third kappa shape index (κ3) is 5.64. The summed E-state index contributed by atoms with van der Waals surface area (Å²) in [5.74, 6) is 0.859. The number of aryl methyl sites for hydroxylation is 1. The Labute approximate surface area is 208 Å². The fourth-order valence-electron chi connectivity index (χ4n) is 3.43. The summed E-state index contributed by atoms with van der Waals surface area (Å²) in [6.45, 7) is 4.97. The predicted molar refractivity (Wildman–Crippen MR) is 136 cm³/mol. The van der Waals surface area contributed by atoms with Crippen LogP contribution in [0.5, 0.6) is 11.5 Å². The molecule has 1 aliphatic heterocycles. The highest BCUT2D eigenvalue weighted by Gasteiger charge is 2.35. The minimum Gasteiger partial charge on any atom is -0.490 e. The van der Waals surface area contributed by atoms with Crippen molar-refractivity contribution in [3.8, 4) is 11.5 Å². The zero-order valence-electron chi connectivity index (χ0n) is 18.9. The van der Waals surface area contributed by atoms with Crippen LogP contribution in [0, 0.1) is 6.92 Å². The highest BCUT2D eigenvalue weighted by Crippen LogP contribution is 2.36. The second-order valence-corrected chi connectivity index (χ2v) is 9.17. The minimum atomic E-state index is -0.340. The van der Waals surface area contributed by atoms with E-state index in [2.05, 4.69) is 0 Å². The molecule has 1 fully saturated rings. The maximum Gasteiger partial charge on any atom is 0.293 e. The number of halogens is 1. The largest absolute Gasteiger partial charge is 0.490 e. The molecule has 174 valence electrons. The Morgan fingerprint density at radius 1 is 0.971 bits per heavy atom. The summed E-state index contributed by atoms with van der Waals surface area (Å²) < 4.78 is 11.8. The van der Waals surface area contributed by atoms with Crippen molar-refractivity contribution in [2.24, 2.45) is 0 Å². The molecule has 3 aromatic carbocycles. The standard InChI is InChI=1S/C27H24ClNO4S/c1-3-32-24-14-20(12-13-23(24)33-17-19-10-8-18(2)9-11-19)15-25-26(30)29(27(31)34-25)16-21-6-4-5-7-22(21)28/h4-15H,3,16-17H2,1-2H3/b25-15-. The normalized spacial score (nSPS) is 14.7. The summed E-state index contributed by atoms with van der Waals surface area (Å²) in [6, 6.07) is 20.8. The van der Waals surface area contributed by atoms with Crippen LogP contribution in [0.15, 0.2) is 71.6 Å². The van der Waals surface area contributed by atoms with E-state index in [1.54, 1.807) is 18.2 Å². The number of hydrogen-bond acceptors (Lipinski definition) is 5. The average molecular weight is 494 g/mol. The molecule has 1 heterocycles. The highest BCUT2D eigenvalue weighted by atomic mass is 35.5. The highest BCUT2D eigenvalue weighted by molar-refractivity contribution is 8.18. The second-order valence-electron chi connectivity index (χ2n) is 7.77. The van der Waals surface area contributed by atoms with E-state index in [4.69, 9.17) is 21.1 Å². The van der Waals surface area contributed by atoms with E-state index in [1.807, 2.05) is 68.4 Å². The molecule has 34 heavy (non-hydrogen) atoms. The fraction of sp³-hybridized carbons (Fsp3) is 0.185. The first-order chi connectivity index (χ1) is 16.4. The molecule has 7 heteroatoms. The third-order valence-electron chi connectivity index (χ3n) is 5.24. The Morgan fingerprint density at radius 3 is 2.47 bits per heavy atom. The monoisotopic (exact) mass is 493 g/mol. The molecule has 0 radical (unpaired) electrons. The van der Waals surface area contributed by atoms with Crippen LogP contribution in [-0.4, -0.2) is 22.7 Å². The summed E-state index contributed by atoms with van der Waals surface area (Å²) >= 11 is 7.12. The molecule has 2 amide bonds. The van der Waals surface area contributed by atoms with Crippen LogP contribution >= 0.6 is 23.4 Å². The summed E-state index contributed by atoms with van der Waals surface area (Å²) in [5, 5.41) is 0.201. The van der Waals surface area contributed by atoms with Gasteiger partial charge in [0.2, 0.25) is 0 Å². The Balaban J connectivity index is 1.51. The van der Waals surface area contributed by atoms with E-state index in [1.165, 1.54) is 10.5 Å². The van der Waals surface area contributed by atoms with Crippen molar-refractivity contribution in [1.82, 2.24) is 4.90 Å². The number of amides is 2. The lowest BCUT2D eigenvalue weighted by molar-refractivity contribution is -0.123. The van der Waals surface area contributed by atoms with Crippen molar-refractivity contribution in [2.45, 2.75) is 27.0 Å². The van der Waals surface area contributed by atoms with E-state index >= 15 is 0 Å². The summed E-state index contributed by atoms with van der Waals surface area (Å²) in [5.41, 5.74) is 3.72. The second kappa shape index (κ2) is 10.8. The van der Waals surface area contributed by atoms with Crippen molar-refractivity contribution in [2.75, 3.05) is 6.61 Å². The number of carbonyl (C=O) groups excluding carboxylic acids is 2. The molecule has 0 aromatic heterocycles. The summed E-state index contributed by atoms with van der Waals surface area (Å²) in [6.07, 6.45) is 1.70. The Hall–Kier alpha value is -3.22. The van der Waals surface area contributed by atoms with Gasteiger partial charge in [0.05, 0.1) is 18.1 Å². The van der Waals surface area contributed by atoms with Crippen molar-refractivity contribution in [3.05, 3.63) is 98.9 Å². The number of benzene rings is 3. The first-order valence-electron chi connectivity index (χ1n) is 10.9.